The topological polar surface area (TPSA) is 12.9 Å². The molecule has 0 bridgehead atoms. The van der Waals surface area contributed by atoms with Crippen molar-refractivity contribution in [3.63, 3.8) is 0 Å². The van der Waals surface area contributed by atoms with Crippen molar-refractivity contribution in [1.29, 1.82) is 0 Å². The first kappa shape index (κ1) is 7.90. The summed E-state index contributed by atoms with van der Waals surface area (Å²) in [7, 11) is 0. The molecule has 0 spiro atoms. The van der Waals surface area contributed by atoms with Crippen molar-refractivity contribution in [2.24, 2.45) is 0 Å². The molecule has 12 heavy (non-hydrogen) atoms. The Bertz CT molecular complexity index is 387. The summed E-state index contributed by atoms with van der Waals surface area (Å²) < 4.78 is 0. The van der Waals surface area contributed by atoms with Crippen LogP contribution in [0, 0.1) is 0 Å². The lowest BCUT2D eigenvalue weighted by molar-refractivity contribution is 1.36. The van der Waals surface area contributed by atoms with Crippen LogP contribution in [-0.4, -0.2) is 4.98 Å². The van der Waals surface area contributed by atoms with Crippen LogP contribution in [0.4, 0.5) is 0 Å². The molecule has 60 valence electrons. The highest BCUT2D eigenvalue weighted by molar-refractivity contribution is 7.80. The Morgan fingerprint density at radius 2 is 2.08 bits per heavy atom. The molecule has 0 aliphatic rings. The summed E-state index contributed by atoms with van der Waals surface area (Å²) in [6.07, 6.45) is 1.68. The van der Waals surface area contributed by atoms with E-state index in [1.54, 1.807) is 12.3 Å². The summed E-state index contributed by atoms with van der Waals surface area (Å²) in [4.78, 5) is 5.04. The molecule has 0 saturated carbocycles. The first-order chi connectivity index (χ1) is 5.79. The maximum absolute atomic E-state index is 5.96. The van der Waals surface area contributed by atoms with Crippen LogP contribution >= 0.6 is 24.2 Å². The molecule has 1 heterocycles. The van der Waals surface area contributed by atoms with Gasteiger partial charge >= 0.3 is 0 Å². The highest BCUT2D eigenvalue weighted by atomic mass is 35.5. The first-order valence-corrected chi connectivity index (χ1v) is 4.34. The van der Waals surface area contributed by atoms with Gasteiger partial charge in [-0.15, -0.1) is 12.6 Å². The van der Waals surface area contributed by atoms with Crippen LogP contribution in [0.25, 0.3) is 10.9 Å². The molecule has 0 aliphatic carbocycles. The molecule has 0 fully saturated rings. The van der Waals surface area contributed by atoms with Crippen molar-refractivity contribution in [2.45, 2.75) is 4.90 Å². The SMILES string of the molecule is Sc1cccc2c(Cl)ccnc12. The van der Waals surface area contributed by atoms with Crippen molar-refractivity contribution < 1.29 is 0 Å². The Morgan fingerprint density at radius 3 is 2.83 bits per heavy atom. The Hall–Kier alpha value is -0.730. The third-order valence-corrected chi connectivity index (χ3v) is 2.39. The molecule has 0 saturated heterocycles. The Labute approximate surface area is 80.8 Å². The molecule has 0 radical (unpaired) electrons. The molecule has 1 aromatic carbocycles. The summed E-state index contributed by atoms with van der Waals surface area (Å²) >= 11 is 10.2. The minimum atomic E-state index is 0.718. The van der Waals surface area contributed by atoms with E-state index >= 15 is 0 Å². The van der Waals surface area contributed by atoms with Gasteiger partial charge in [0.25, 0.3) is 0 Å². The second-order valence-electron chi connectivity index (χ2n) is 2.47. The van der Waals surface area contributed by atoms with E-state index in [2.05, 4.69) is 17.6 Å². The fourth-order valence-electron chi connectivity index (χ4n) is 1.13. The number of para-hydroxylation sites is 1. The zero-order valence-corrected chi connectivity index (χ0v) is 7.81. The standard InChI is InChI=1S/C9H6ClNS/c10-7-4-5-11-9-6(7)2-1-3-8(9)12/h1-5,12H. The molecule has 0 unspecified atom stereocenters. The van der Waals surface area contributed by atoms with Gasteiger partial charge in [-0.3, -0.25) is 4.98 Å². The number of hydrogen-bond donors (Lipinski definition) is 1. The van der Waals surface area contributed by atoms with Gasteiger partial charge in [0.2, 0.25) is 0 Å². The van der Waals surface area contributed by atoms with E-state index < -0.39 is 0 Å². The Kier molecular flexibility index (Phi) is 1.95. The van der Waals surface area contributed by atoms with Crippen LogP contribution in [0.1, 0.15) is 0 Å². The van der Waals surface area contributed by atoms with E-state index in [0.717, 1.165) is 20.8 Å². The summed E-state index contributed by atoms with van der Waals surface area (Å²) in [5.41, 5.74) is 0.855. The van der Waals surface area contributed by atoms with Crippen molar-refractivity contribution >= 4 is 35.1 Å². The molecule has 0 atom stereocenters. The number of thiol groups is 1. The molecule has 0 aliphatic heterocycles. The highest BCUT2D eigenvalue weighted by Crippen LogP contribution is 2.25. The molecule has 0 amide bonds. The lowest BCUT2D eigenvalue weighted by Gasteiger charge is -2.00. The number of pyridine rings is 1. The molecule has 1 nitrogen and oxygen atoms in total. The van der Waals surface area contributed by atoms with Crippen LogP contribution in [0.3, 0.4) is 0 Å². The predicted octanol–water partition coefficient (Wildman–Crippen LogP) is 3.18. The van der Waals surface area contributed by atoms with E-state index in [4.69, 9.17) is 11.6 Å². The molecule has 1 aromatic heterocycles. The van der Waals surface area contributed by atoms with Gasteiger partial charge in [-0.2, -0.15) is 0 Å². The molecular formula is C9H6ClNS. The zero-order chi connectivity index (χ0) is 8.55. The molecule has 3 heteroatoms. The van der Waals surface area contributed by atoms with Crippen molar-refractivity contribution in [2.75, 3.05) is 0 Å². The van der Waals surface area contributed by atoms with Crippen molar-refractivity contribution in [1.82, 2.24) is 4.98 Å². The fraction of sp³-hybridized carbons (Fsp3) is 0. The van der Waals surface area contributed by atoms with Gasteiger partial charge in [0.05, 0.1) is 10.5 Å². The third kappa shape index (κ3) is 1.17. The largest absolute Gasteiger partial charge is 0.255 e. The second-order valence-corrected chi connectivity index (χ2v) is 3.36. The summed E-state index contributed by atoms with van der Waals surface area (Å²) in [5.74, 6) is 0. The van der Waals surface area contributed by atoms with Gasteiger partial charge in [0.1, 0.15) is 0 Å². The molecule has 0 N–H and O–H groups in total. The zero-order valence-electron chi connectivity index (χ0n) is 6.16. The number of halogens is 1. The van der Waals surface area contributed by atoms with E-state index in [1.807, 2.05) is 18.2 Å². The monoisotopic (exact) mass is 195 g/mol. The van der Waals surface area contributed by atoms with Crippen LogP contribution < -0.4 is 0 Å². The van der Waals surface area contributed by atoms with Crippen molar-refractivity contribution in [3.05, 3.63) is 35.5 Å². The fourth-order valence-corrected chi connectivity index (χ4v) is 1.60. The van der Waals surface area contributed by atoms with Gasteiger partial charge in [0.15, 0.2) is 0 Å². The van der Waals surface area contributed by atoms with Crippen LogP contribution in [0.15, 0.2) is 35.4 Å². The maximum atomic E-state index is 5.96. The average molecular weight is 196 g/mol. The first-order valence-electron chi connectivity index (χ1n) is 3.51. The molecule has 2 rings (SSSR count). The van der Waals surface area contributed by atoms with Gasteiger partial charge in [-0.05, 0) is 12.1 Å². The average Bonchev–Trinajstić information content (AvgIpc) is 2.07. The maximum Gasteiger partial charge on any atom is 0.0850 e. The van der Waals surface area contributed by atoms with E-state index in [0.29, 0.717) is 0 Å². The van der Waals surface area contributed by atoms with E-state index in [9.17, 15) is 0 Å². The predicted molar refractivity (Wildman–Crippen MR) is 54.0 cm³/mol. The minimum Gasteiger partial charge on any atom is -0.255 e. The lowest BCUT2D eigenvalue weighted by Crippen LogP contribution is -1.79. The summed E-state index contributed by atoms with van der Waals surface area (Å²) in [6, 6.07) is 7.52. The van der Waals surface area contributed by atoms with Gasteiger partial charge in [-0.25, -0.2) is 0 Å². The van der Waals surface area contributed by atoms with E-state index in [1.165, 1.54) is 0 Å². The quantitative estimate of drug-likeness (QED) is 0.638. The summed E-state index contributed by atoms with van der Waals surface area (Å²) in [6.45, 7) is 0. The molecular weight excluding hydrogens is 190 g/mol. The number of aromatic nitrogens is 1. The second kappa shape index (κ2) is 2.96. The number of nitrogens with zero attached hydrogens (tertiary/aromatic N) is 1. The number of fused-ring (bicyclic) bond motifs is 1. The van der Waals surface area contributed by atoms with Gasteiger partial charge in [-0.1, -0.05) is 23.7 Å². The Morgan fingerprint density at radius 1 is 1.25 bits per heavy atom. The number of benzene rings is 1. The van der Waals surface area contributed by atoms with Crippen LogP contribution in [-0.2, 0) is 0 Å². The Balaban J connectivity index is 2.94. The van der Waals surface area contributed by atoms with Crippen molar-refractivity contribution in [3.8, 4) is 0 Å². The number of rotatable bonds is 0. The normalized spacial score (nSPS) is 10.5. The third-order valence-electron chi connectivity index (χ3n) is 1.70. The van der Waals surface area contributed by atoms with E-state index in [-0.39, 0.29) is 0 Å². The number of hydrogen-bond acceptors (Lipinski definition) is 2. The molecule has 2 aromatic rings. The van der Waals surface area contributed by atoms with Crippen LogP contribution in [0.5, 0.6) is 0 Å². The highest BCUT2D eigenvalue weighted by Gasteiger charge is 2.00. The lowest BCUT2D eigenvalue weighted by atomic mass is 10.2. The van der Waals surface area contributed by atoms with Gasteiger partial charge < -0.3 is 0 Å². The van der Waals surface area contributed by atoms with Gasteiger partial charge in [0, 0.05) is 16.5 Å². The smallest absolute Gasteiger partial charge is 0.0850 e. The van der Waals surface area contributed by atoms with Crippen LogP contribution in [0.2, 0.25) is 5.02 Å². The minimum absolute atomic E-state index is 0.718. The summed E-state index contributed by atoms with van der Waals surface area (Å²) in [5, 5.41) is 1.67.